The molecule has 0 fully saturated rings. The Labute approximate surface area is 200 Å². The van der Waals surface area contributed by atoms with Crippen LogP contribution in [-0.4, -0.2) is 36.5 Å². The molecular formula is C25H22ClFN4O3. The van der Waals surface area contributed by atoms with Crippen LogP contribution in [-0.2, 0) is 6.54 Å². The van der Waals surface area contributed by atoms with Crippen LogP contribution in [0.3, 0.4) is 0 Å². The predicted molar refractivity (Wildman–Crippen MR) is 130 cm³/mol. The van der Waals surface area contributed by atoms with Gasteiger partial charge in [0.05, 0.1) is 17.6 Å². The van der Waals surface area contributed by atoms with Crippen molar-refractivity contribution in [3.8, 4) is 11.5 Å². The Hall–Kier alpha value is -3.75. The highest BCUT2D eigenvalue weighted by Gasteiger charge is 2.12. The van der Waals surface area contributed by atoms with Gasteiger partial charge in [0.2, 0.25) is 0 Å². The van der Waals surface area contributed by atoms with Crippen LogP contribution in [0.4, 0.5) is 15.9 Å². The quantitative estimate of drug-likeness (QED) is 0.239. The van der Waals surface area contributed by atoms with E-state index in [2.05, 4.69) is 20.6 Å². The minimum atomic E-state index is -0.494. The summed E-state index contributed by atoms with van der Waals surface area (Å²) in [7, 11) is 1.57. The summed E-state index contributed by atoms with van der Waals surface area (Å²) in [5, 5.41) is 7.18. The molecule has 0 saturated heterocycles. The second kappa shape index (κ2) is 10.9. The molecule has 2 N–H and O–H groups in total. The van der Waals surface area contributed by atoms with E-state index in [0.29, 0.717) is 59.2 Å². The van der Waals surface area contributed by atoms with Gasteiger partial charge in [-0.05, 0) is 29.8 Å². The summed E-state index contributed by atoms with van der Waals surface area (Å²) < 4.78 is 24.9. The first-order valence-electron chi connectivity index (χ1n) is 10.5. The Morgan fingerprint density at radius 1 is 1.06 bits per heavy atom. The van der Waals surface area contributed by atoms with Crippen LogP contribution in [0.15, 0.2) is 60.9 Å². The number of nitrogens with zero attached hydrogens (tertiary/aromatic N) is 2. The zero-order chi connectivity index (χ0) is 23.9. The largest absolute Gasteiger partial charge is 0.493 e. The zero-order valence-corrected chi connectivity index (χ0v) is 19.1. The molecule has 0 aliphatic rings. The maximum atomic E-state index is 13.5. The summed E-state index contributed by atoms with van der Waals surface area (Å²) in [6.45, 7) is 1.65. The van der Waals surface area contributed by atoms with E-state index in [4.69, 9.17) is 21.1 Å². The summed E-state index contributed by atoms with van der Waals surface area (Å²) in [5.74, 6) is 1.12. The third-order valence-electron chi connectivity index (χ3n) is 5.08. The Kier molecular flexibility index (Phi) is 7.51. The molecule has 9 heteroatoms. The van der Waals surface area contributed by atoms with Gasteiger partial charge in [-0.3, -0.25) is 4.79 Å². The van der Waals surface area contributed by atoms with Crippen LogP contribution in [0, 0.1) is 5.82 Å². The molecule has 0 spiro atoms. The molecule has 0 amide bonds. The Morgan fingerprint density at radius 2 is 1.88 bits per heavy atom. The number of hydrogen-bond donors (Lipinski definition) is 2. The number of aldehydes is 1. The van der Waals surface area contributed by atoms with Crippen molar-refractivity contribution in [2.75, 3.05) is 25.6 Å². The lowest BCUT2D eigenvalue weighted by atomic mass is 10.1. The van der Waals surface area contributed by atoms with Gasteiger partial charge in [0, 0.05) is 35.8 Å². The molecule has 0 bridgehead atoms. The fourth-order valence-corrected chi connectivity index (χ4v) is 3.51. The molecule has 4 rings (SSSR count). The first-order chi connectivity index (χ1) is 16.6. The number of nitrogens with one attached hydrogen (secondary N) is 2. The molecule has 1 aromatic heterocycles. The number of halogens is 2. The summed E-state index contributed by atoms with van der Waals surface area (Å²) in [6.07, 6.45) is 2.25. The van der Waals surface area contributed by atoms with Gasteiger partial charge in [-0.2, -0.15) is 0 Å². The average Bonchev–Trinajstić information content (AvgIpc) is 2.86. The van der Waals surface area contributed by atoms with Crippen molar-refractivity contribution in [1.82, 2.24) is 15.3 Å². The molecule has 7 nitrogen and oxygen atoms in total. The molecule has 0 unspecified atom stereocenters. The first-order valence-corrected chi connectivity index (χ1v) is 10.9. The number of methoxy groups -OCH3 is 1. The van der Waals surface area contributed by atoms with E-state index in [-0.39, 0.29) is 5.02 Å². The lowest BCUT2D eigenvalue weighted by Gasteiger charge is -2.14. The minimum absolute atomic E-state index is 0.0150. The van der Waals surface area contributed by atoms with Crippen molar-refractivity contribution in [2.45, 2.75) is 6.54 Å². The molecule has 4 aromatic rings. The third-order valence-corrected chi connectivity index (χ3v) is 5.37. The van der Waals surface area contributed by atoms with Crippen LogP contribution in [0.2, 0.25) is 5.02 Å². The van der Waals surface area contributed by atoms with Gasteiger partial charge in [-0.1, -0.05) is 35.9 Å². The van der Waals surface area contributed by atoms with E-state index < -0.39 is 5.82 Å². The highest BCUT2D eigenvalue weighted by Crippen LogP contribution is 2.35. The number of benzene rings is 3. The fraction of sp³-hybridized carbons (Fsp3) is 0.160. The van der Waals surface area contributed by atoms with Gasteiger partial charge >= 0.3 is 0 Å². The summed E-state index contributed by atoms with van der Waals surface area (Å²) in [6, 6.07) is 15.3. The van der Waals surface area contributed by atoms with E-state index in [0.717, 1.165) is 11.8 Å². The summed E-state index contributed by atoms with van der Waals surface area (Å²) >= 11 is 5.89. The SMILES string of the molecule is COc1cc2ncnc(Nc3ccc(F)c(Cl)c3)c2cc1OCCNCc1ccc(C=O)cc1. The second-order valence-corrected chi connectivity index (χ2v) is 7.79. The molecule has 1 heterocycles. The molecule has 0 radical (unpaired) electrons. The number of fused-ring (bicyclic) bond motifs is 1. The van der Waals surface area contributed by atoms with Crippen LogP contribution < -0.4 is 20.1 Å². The Bertz CT molecular complexity index is 1300. The Balaban J connectivity index is 1.45. The molecule has 3 aromatic carbocycles. The molecule has 0 aliphatic carbocycles. The second-order valence-electron chi connectivity index (χ2n) is 7.38. The number of carbonyl (C=O) groups is 1. The van der Waals surface area contributed by atoms with Crippen molar-refractivity contribution >= 4 is 40.3 Å². The minimum Gasteiger partial charge on any atom is -0.493 e. The molecule has 174 valence electrons. The van der Waals surface area contributed by atoms with Crippen LogP contribution >= 0.6 is 11.6 Å². The summed E-state index contributed by atoms with van der Waals surface area (Å²) in [4.78, 5) is 19.4. The number of rotatable bonds is 10. The standard InChI is InChI=1S/C25H22ClFN4O3/c1-33-23-12-22-19(25(30-15-29-22)31-18-6-7-21(27)20(26)10-18)11-24(23)34-9-8-28-13-16-2-4-17(14-32)5-3-16/h2-7,10-12,14-15,28H,8-9,13H2,1H3,(H,29,30,31). The average molecular weight is 481 g/mol. The summed E-state index contributed by atoms with van der Waals surface area (Å²) in [5.41, 5.74) is 2.97. The lowest BCUT2D eigenvalue weighted by Crippen LogP contribution is -2.20. The van der Waals surface area contributed by atoms with E-state index in [1.165, 1.54) is 18.5 Å². The monoisotopic (exact) mass is 480 g/mol. The molecule has 34 heavy (non-hydrogen) atoms. The van der Waals surface area contributed by atoms with Gasteiger partial charge in [0.15, 0.2) is 11.5 Å². The van der Waals surface area contributed by atoms with Crippen molar-refractivity contribution in [3.63, 3.8) is 0 Å². The number of hydrogen-bond acceptors (Lipinski definition) is 7. The first kappa shape index (κ1) is 23.4. The topological polar surface area (TPSA) is 85.4 Å². The van der Waals surface area contributed by atoms with Gasteiger partial charge in [-0.25, -0.2) is 14.4 Å². The van der Waals surface area contributed by atoms with Crippen LogP contribution in [0.1, 0.15) is 15.9 Å². The number of ether oxygens (including phenoxy) is 2. The van der Waals surface area contributed by atoms with Gasteiger partial charge < -0.3 is 20.1 Å². The zero-order valence-electron chi connectivity index (χ0n) is 18.3. The molecule has 0 atom stereocenters. The van der Waals surface area contributed by atoms with Gasteiger partial charge in [-0.15, -0.1) is 0 Å². The number of carbonyl (C=O) groups excluding carboxylic acids is 1. The molecule has 0 saturated carbocycles. The highest BCUT2D eigenvalue weighted by molar-refractivity contribution is 6.31. The van der Waals surface area contributed by atoms with Crippen LogP contribution in [0.5, 0.6) is 11.5 Å². The Morgan fingerprint density at radius 3 is 2.62 bits per heavy atom. The van der Waals surface area contributed by atoms with Crippen molar-refractivity contribution in [1.29, 1.82) is 0 Å². The van der Waals surface area contributed by atoms with Crippen molar-refractivity contribution in [2.24, 2.45) is 0 Å². The molecule has 0 aliphatic heterocycles. The smallest absolute Gasteiger partial charge is 0.162 e. The van der Waals surface area contributed by atoms with Crippen molar-refractivity contribution in [3.05, 3.63) is 82.9 Å². The predicted octanol–water partition coefficient (Wildman–Crippen LogP) is 5.16. The number of anilines is 2. The van der Waals surface area contributed by atoms with E-state index in [1.807, 2.05) is 12.1 Å². The van der Waals surface area contributed by atoms with Gasteiger partial charge in [0.25, 0.3) is 0 Å². The van der Waals surface area contributed by atoms with Crippen LogP contribution in [0.25, 0.3) is 10.9 Å². The van der Waals surface area contributed by atoms with Crippen molar-refractivity contribution < 1.29 is 18.7 Å². The maximum absolute atomic E-state index is 13.5. The number of aromatic nitrogens is 2. The lowest BCUT2D eigenvalue weighted by molar-refractivity contribution is 0.112. The normalized spacial score (nSPS) is 10.8. The van der Waals surface area contributed by atoms with E-state index in [1.54, 1.807) is 37.4 Å². The fourth-order valence-electron chi connectivity index (χ4n) is 3.33. The van der Waals surface area contributed by atoms with Gasteiger partial charge in [0.1, 0.15) is 30.9 Å². The van der Waals surface area contributed by atoms with E-state index in [9.17, 15) is 9.18 Å². The van der Waals surface area contributed by atoms with E-state index >= 15 is 0 Å². The molecular weight excluding hydrogens is 459 g/mol. The maximum Gasteiger partial charge on any atom is 0.162 e. The third kappa shape index (κ3) is 5.59. The highest BCUT2D eigenvalue weighted by atomic mass is 35.5.